The van der Waals surface area contributed by atoms with Gasteiger partial charge >= 0.3 is 15.1 Å². The molecule has 0 aromatic heterocycles. The highest BCUT2D eigenvalue weighted by Crippen LogP contribution is 2.02. The van der Waals surface area contributed by atoms with Crippen molar-refractivity contribution in [2.45, 2.75) is 52.7 Å². The molecule has 0 amide bonds. The molecule has 0 aromatic carbocycles. The van der Waals surface area contributed by atoms with Gasteiger partial charge in [0.15, 0.2) is 0 Å². The summed E-state index contributed by atoms with van der Waals surface area (Å²) in [5, 5.41) is 0. The van der Waals surface area contributed by atoms with E-state index in [0.717, 1.165) is 0 Å². The Labute approximate surface area is 88.0 Å². The zero-order chi connectivity index (χ0) is 11.0. The smallest absolute Gasteiger partial charge is 0.366 e. The normalized spacial score (nSPS) is 28.7. The van der Waals surface area contributed by atoms with Gasteiger partial charge in [0.1, 0.15) is 11.2 Å². The summed E-state index contributed by atoms with van der Waals surface area (Å²) in [6, 6.07) is 0. The fourth-order valence-electron chi connectivity index (χ4n) is 2.17. The van der Waals surface area contributed by atoms with E-state index >= 15 is 0 Å². The van der Waals surface area contributed by atoms with Gasteiger partial charge in [0.2, 0.25) is 0 Å². The predicted molar refractivity (Wildman–Crippen MR) is 60.7 cm³/mol. The van der Waals surface area contributed by atoms with Crippen LogP contribution in [-0.2, 0) is 9.68 Å². The average molecular weight is 202 g/mol. The Hall–Kier alpha value is -0.0301. The van der Waals surface area contributed by atoms with Crippen LogP contribution in [0.4, 0.5) is 0 Å². The van der Waals surface area contributed by atoms with Crippen molar-refractivity contribution in [2.24, 2.45) is 0 Å². The first kappa shape index (κ1) is 12.0. The molecule has 1 aliphatic heterocycles. The monoisotopic (exact) mass is 202 g/mol. The van der Waals surface area contributed by atoms with E-state index in [-0.39, 0.29) is 26.3 Å². The number of rotatable bonds is 2. The molecule has 14 heavy (non-hydrogen) atoms. The molecule has 1 fully saturated rings. The Bertz CT molecular complexity index is 174. The van der Waals surface area contributed by atoms with E-state index in [4.69, 9.17) is 9.68 Å². The van der Waals surface area contributed by atoms with E-state index in [1.807, 2.05) is 0 Å². The SMILES string of the molecule is CC(C)(C)O[NH+]1[BH2-][NH+](OC(C)(C)C)[BH2-]1. The summed E-state index contributed by atoms with van der Waals surface area (Å²) < 4.78 is 0. The molecule has 0 aromatic rings. The second-order valence-electron chi connectivity index (χ2n) is 6.75. The minimum Gasteiger partial charge on any atom is -0.470 e. The zero-order valence-electron chi connectivity index (χ0n) is 10.8. The molecule has 0 unspecified atom stereocenters. The number of quaternary nitrogens is 2. The van der Waals surface area contributed by atoms with Crippen LogP contribution in [0.1, 0.15) is 41.5 Å². The molecule has 0 atom stereocenters. The highest BCUT2D eigenvalue weighted by atomic mass is 16.7. The van der Waals surface area contributed by atoms with Crippen LogP contribution < -0.4 is 9.77 Å². The topological polar surface area (TPSA) is 27.3 Å². The van der Waals surface area contributed by atoms with Gasteiger partial charge in [-0.25, -0.2) is 0 Å². The number of nitrogens with one attached hydrogen (secondary N) is 2. The van der Waals surface area contributed by atoms with Crippen molar-refractivity contribution in [3.63, 3.8) is 0 Å². The van der Waals surface area contributed by atoms with E-state index in [1.54, 1.807) is 0 Å². The Morgan fingerprint density at radius 3 is 1.21 bits per heavy atom. The first-order chi connectivity index (χ1) is 6.16. The summed E-state index contributed by atoms with van der Waals surface area (Å²) in [6.07, 6.45) is 0. The fraction of sp³-hybridized carbons (Fsp3) is 1.00. The third-order valence-electron chi connectivity index (χ3n) is 2.43. The maximum absolute atomic E-state index is 5.85. The summed E-state index contributed by atoms with van der Waals surface area (Å²) >= 11 is 0. The number of hydrogen-bond donors (Lipinski definition) is 2. The maximum Gasteiger partial charge on any atom is 0.366 e. The molecular formula is C8H24B2N2O2. The van der Waals surface area contributed by atoms with Crippen molar-refractivity contribution in [1.29, 1.82) is 0 Å². The van der Waals surface area contributed by atoms with Gasteiger partial charge < -0.3 is 9.77 Å². The molecule has 6 heteroatoms. The van der Waals surface area contributed by atoms with Crippen molar-refractivity contribution in [2.75, 3.05) is 0 Å². The molecule has 0 bridgehead atoms. The molecule has 0 radical (unpaired) electrons. The van der Waals surface area contributed by atoms with Gasteiger partial charge in [-0.1, -0.05) is 0 Å². The van der Waals surface area contributed by atoms with Gasteiger partial charge in [0, 0.05) is 0 Å². The minimum absolute atomic E-state index is 0.00437. The maximum atomic E-state index is 5.85. The molecule has 1 saturated heterocycles. The van der Waals surface area contributed by atoms with Crippen molar-refractivity contribution < 1.29 is 19.4 Å². The third kappa shape index (κ3) is 4.46. The van der Waals surface area contributed by atoms with Crippen LogP contribution in [0, 0.1) is 0 Å². The molecule has 1 rings (SSSR count). The van der Waals surface area contributed by atoms with E-state index in [1.165, 1.54) is 9.77 Å². The lowest BCUT2D eigenvalue weighted by Crippen LogP contribution is -3.54. The quantitative estimate of drug-likeness (QED) is 0.474. The van der Waals surface area contributed by atoms with E-state index in [0.29, 0.717) is 0 Å². The van der Waals surface area contributed by atoms with Crippen LogP contribution >= 0.6 is 0 Å². The van der Waals surface area contributed by atoms with Gasteiger partial charge in [0.25, 0.3) is 0 Å². The lowest BCUT2D eigenvalue weighted by atomic mass is 9.81. The van der Waals surface area contributed by atoms with E-state index in [2.05, 4.69) is 41.5 Å². The van der Waals surface area contributed by atoms with Crippen LogP contribution in [0.3, 0.4) is 0 Å². The molecule has 4 nitrogen and oxygen atoms in total. The molecule has 84 valence electrons. The first-order valence-electron chi connectivity index (χ1n) is 5.82. The molecule has 0 spiro atoms. The van der Waals surface area contributed by atoms with Gasteiger partial charge in [-0.05, 0) is 41.5 Å². The summed E-state index contributed by atoms with van der Waals surface area (Å²) in [4.78, 5) is 14.5. The standard InChI is InChI=1S/C8H24B2N2O2/c1-7(2,3)13-11-9-12(10-11)14-8(4,5)6/h11-12H,9-10H2,1-6H3. The Kier molecular flexibility index (Phi) is 3.31. The average Bonchev–Trinajstić information content (AvgIpc) is 1.75. The molecule has 1 heterocycles. The van der Waals surface area contributed by atoms with Crippen LogP contribution in [-0.4, -0.2) is 26.3 Å². The summed E-state index contributed by atoms with van der Waals surface area (Å²) in [5.41, 5.74) is -0.00874. The van der Waals surface area contributed by atoms with Crippen molar-refractivity contribution in [3.05, 3.63) is 0 Å². The summed E-state index contributed by atoms with van der Waals surface area (Å²) in [6.45, 7) is 12.7. The van der Waals surface area contributed by atoms with Gasteiger partial charge in [-0.15, -0.1) is 0 Å². The van der Waals surface area contributed by atoms with E-state index < -0.39 is 0 Å². The van der Waals surface area contributed by atoms with Gasteiger partial charge in [0.05, 0.1) is 0 Å². The Balaban J connectivity index is 2.18. The van der Waals surface area contributed by atoms with Crippen LogP contribution in [0.5, 0.6) is 0 Å². The van der Waals surface area contributed by atoms with Crippen molar-refractivity contribution in [3.8, 4) is 0 Å². The molecule has 2 N–H and O–H groups in total. The van der Waals surface area contributed by atoms with Crippen molar-refractivity contribution >= 4 is 15.1 Å². The lowest BCUT2D eigenvalue weighted by molar-refractivity contribution is -1.12. The molecular weight excluding hydrogens is 178 g/mol. The predicted octanol–water partition coefficient (Wildman–Crippen LogP) is -2.77. The van der Waals surface area contributed by atoms with Crippen LogP contribution in [0.15, 0.2) is 0 Å². The second-order valence-corrected chi connectivity index (χ2v) is 6.75. The second kappa shape index (κ2) is 3.85. The first-order valence-corrected chi connectivity index (χ1v) is 5.82. The summed E-state index contributed by atoms with van der Waals surface area (Å²) in [5.74, 6) is 0. The Morgan fingerprint density at radius 1 is 0.714 bits per heavy atom. The van der Waals surface area contributed by atoms with E-state index in [9.17, 15) is 0 Å². The summed E-state index contributed by atoms with van der Waals surface area (Å²) in [7, 11) is -0.320. The third-order valence-corrected chi connectivity index (χ3v) is 2.43. The molecule has 0 aliphatic carbocycles. The number of hydrogen-bond acceptors (Lipinski definition) is 2. The lowest BCUT2D eigenvalue weighted by Gasteiger charge is -2.51. The van der Waals surface area contributed by atoms with Gasteiger partial charge in [-0.2, -0.15) is 0 Å². The van der Waals surface area contributed by atoms with Crippen LogP contribution in [0.2, 0.25) is 0 Å². The fourth-order valence-corrected chi connectivity index (χ4v) is 2.17. The molecule has 0 saturated carbocycles. The van der Waals surface area contributed by atoms with Gasteiger partial charge in [-0.3, -0.25) is 9.68 Å². The van der Waals surface area contributed by atoms with Crippen molar-refractivity contribution in [1.82, 2.24) is 0 Å². The zero-order valence-corrected chi connectivity index (χ0v) is 10.8. The van der Waals surface area contributed by atoms with Crippen LogP contribution in [0.25, 0.3) is 0 Å². The Morgan fingerprint density at radius 2 is 1.00 bits per heavy atom. The highest BCUT2D eigenvalue weighted by Gasteiger charge is 2.30. The largest absolute Gasteiger partial charge is 0.470 e. The minimum atomic E-state index is -0.160. The highest BCUT2D eigenvalue weighted by molar-refractivity contribution is 6.40. The molecule has 1 aliphatic rings.